The van der Waals surface area contributed by atoms with Crippen LogP contribution in [0.2, 0.25) is 0 Å². The van der Waals surface area contributed by atoms with Crippen molar-refractivity contribution in [1.82, 2.24) is 0 Å². The lowest BCUT2D eigenvalue weighted by molar-refractivity contribution is -0.0498. The van der Waals surface area contributed by atoms with E-state index in [0.29, 0.717) is 13.0 Å². The smallest absolute Gasteiger partial charge is 0.387 e. The molecule has 5 heteroatoms. The summed E-state index contributed by atoms with van der Waals surface area (Å²) in [5.74, 6) is 0.118. The van der Waals surface area contributed by atoms with E-state index in [9.17, 15) is 13.9 Å². The molecule has 0 fully saturated rings. The van der Waals surface area contributed by atoms with Crippen LogP contribution in [0.4, 0.5) is 14.5 Å². The number of nitrogens with one attached hydrogen (secondary N) is 1. The third-order valence-corrected chi connectivity index (χ3v) is 2.51. The fraction of sp³-hybridized carbons (Fsp3) is 0.500. The largest absolute Gasteiger partial charge is 0.435 e. The average molecular weight is 245 g/mol. The predicted octanol–water partition coefficient (Wildman–Crippen LogP) is 2.86. The van der Waals surface area contributed by atoms with Crippen LogP contribution in [0.25, 0.3) is 0 Å². The Morgan fingerprint density at radius 1 is 1.35 bits per heavy atom. The van der Waals surface area contributed by atoms with Gasteiger partial charge in [0.2, 0.25) is 0 Å². The molecule has 1 aromatic carbocycles. The molecule has 3 nitrogen and oxygen atoms in total. The van der Waals surface area contributed by atoms with Crippen molar-refractivity contribution in [2.45, 2.75) is 32.5 Å². The zero-order chi connectivity index (χ0) is 12.9. The Bertz CT molecular complexity index is 339. The lowest BCUT2D eigenvalue weighted by Crippen LogP contribution is -2.32. The summed E-state index contributed by atoms with van der Waals surface area (Å²) in [6, 6.07) is 6.16. The van der Waals surface area contributed by atoms with Crippen molar-refractivity contribution in [3.05, 3.63) is 24.3 Å². The summed E-state index contributed by atoms with van der Waals surface area (Å²) in [6.45, 7) is 1.21. The Kier molecular flexibility index (Phi) is 4.69. The Morgan fingerprint density at radius 2 is 1.94 bits per heavy atom. The summed E-state index contributed by atoms with van der Waals surface area (Å²) in [7, 11) is 0. The molecular weight excluding hydrogens is 228 g/mol. The number of hydrogen-bond donors (Lipinski definition) is 2. The number of alkyl halides is 2. The van der Waals surface area contributed by atoms with Gasteiger partial charge in [-0.2, -0.15) is 8.78 Å². The molecule has 0 aliphatic carbocycles. The van der Waals surface area contributed by atoms with Gasteiger partial charge in [0.05, 0.1) is 5.60 Å². The lowest BCUT2D eigenvalue weighted by Gasteiger charge is -2.22. The van der Waals surface area contributed by atoms with E-state index >= 15 is 0 Å². The van der Waals surface area contributed by atoms with Crippen LogP contribution >= 0.6 is 0 Å². The van der Waals surface area contributed by atoms with Crippen molar-refractivity contribution in [1.29, 1.82) is 0 Å². The number of hydrogen-bond acceptors (Lipinski definition) is 3. The number of rotatable bonds is 6. The van der Waals surface area contributed by atoms with Gasteiger partial charge in [0.25, 0.3) is 0 Å². The molecule has 0 bridgehead atoms. The maximum Gasteiger partial charge on any atom is 0.387 e. The Hall–Kier alpha value is -1.36. The van der Waals surface area contributed by atoms with E-state index in [4.69, 9.17) is 0 Å². The van der Waals surface area contributed by atoms with E-state index in [1.165, 1.54) is 12.1 Å². The van der Waals surface area contributed by atoms with Gasteiger partial charge in [-0.15, -0.1) is 0 Å². The van der Waals surface area contributed by atoms with E-state index in [2.05, 4.69) is 10.1 Å². The van der Waals surface area contributed by atoms with E-state index in [0.717, 1.165) is 5.69 Å². The second-order valence-corrected chi connectivity index (χ2v) is 4.11. The van der Waals surface area contributed by atoms with Crippen molar-refractivity contribution < 1.29 is 18.6 Å². The van der Waals surface area contributed by atoms with Crippen LogP contribution in [0, 0.1) is 0 Å². The predicted molar refractivity (Wildman–Crippen MR) is 62.5 cm³/mol. The fourth-order valence-corrected chi connectivity index (χ4v) is 1.17. The number of halogens is 2. The summed E-state index contributed by atoms with van der Waals surface area (Å²) in [4.78, 5) is 0. The molecule has 1 atom stereocenters. The molecule has 0 amide bonds. The van der Waals surface area contributed by atoms with Gasteiger partial charge in [0.15, 0.2) is 0 Å². The molecule has 1 unspecified atom stereocenters. The first-order valence-corrected chi connectivity index (χ1v) is 5.44. The molecule has 0 spiro atoms. The summed E-state index contributed by atoms with van der Waals surface area (Å²) in [5.41, 5.74) is -0.0293. The monoisotopic (exact) mass is 245 g/mol. The summed E-state index contributed by atoms with van der Waals surface area (Å²) >= 11 is 0. The molecule has 0 saturated heterocycles. The third kappa shape index (κ3) is 4.99. The summed E-state index contributed by atoms with van der Waals surface area (Å²) < 4.78 is 28.0. The SMILES string of the molecule is CCC(C)(O)CNc1ccc(OC(F)F)cc1. The number of benzene rings is 1. The molecule has 0 aromatic heterocycles. The number of ether oxygens (including phenoxy) is 1. The molecule has 0 saturated carbocycles. The van der Waals surface area contributed by atoms with E-state index in [1.807, 2.05) is 6.92 Å². The van der Waals surface area contributed by atoms with Crippen LogP contribution in [0.3, 0.4) is 0 Å². The highest BCUT2D eigenvalue weighted by atomic mass is 19.3. The molecule has 17 heavy (non-hydrogen) atoms. The number of anilines is 1. The zero-order valence-corrected chi connectivity index (χ0v) is 9.91. The van der Waals surface area contributed by atoms with Gasteiger partial charge in [-0.3, -0.25) is 0 Å². The Labute approximate surface area is 99.4 Å². The van der Waals surface area contributed by atoms with Gasteiger partial charge in [-0.1, -0.05) is 6.92 Å². The third-order valence-electron chi connectivity index (χ3n) is 2.51. The maximum absolute atomic E-state index is 11.9. The molecule has 2 N–H and O–H groups in total. The molecule has 0 aliphatic heterocycles. The van der Waals surface area contributed by atoms with E-state index < -0.39 is 12.2 Å². The second-order valence-electron chi connectivity index (χ2n) is 4.11. The highest BCUT2D eigenvalue weighted by Crippen LogP contribution is 2.18. The molecular formula is C12H17F2NO2. The van der Waals surface area contributed by atoms with Crippen LogP contribution in [0.15, 0.2) is 24.3 Å². The lowest BCUT2D eigenvalue weighted by atomic mass is 10.0. The highest BCUT2D eigenvalue weighted by molar-refractivity contribution is 5.46. The van der Waals surface area contributed by atoms with Crippen molar-refractivity contribution in [3.8, 4) is 5.75 Å². The average Bonchev–Trinajstić information content (AvgIpc) is 2.28. The van der Waals surface area contributed by atoms with E-state index in [1.54, 1.807) is 19.1 Å². The first-order chi connectivity index (χ1) is 7.93. The minimum atomic E-state index is -2.81. The van der Waals surface area contributed by atoms with Crippen LogP contribution in [0.1, 0.15) is 20.3 Å². The molecule has 96 valence electrons. The zero-order valence-electron chi connectivity index (χ0n) is 9.91. The highest BCUT2D eigenvalue weighted by Gasteiger charge is 2.16. The first-order valence-electron chi connectivity index (χ1n) is 5.44. The van der Waals surface area contributed by atoms with Gasteiger partial charge in [0, 0.05) is 12.2 Å². The summed E-state index contributed by atoms with van der Waals surface area (Å²) in [6.07, 6.45) is 0.632. The Morgan fingerprint density at radius 3 is 2.41 bits per heavy atom. The fourth-order valence-electron chi connectivity index (χ4n) is 1.17. The van der Waals surface area contributed by atoms with Crippen LogP contribution in [-0.2, 0) is 0 Å². The molecule has 1 aromatic rings. The van der Waals surface area contributed by atoms with Gasteiger partial charge in [0.1, 0.15) is 5.75 Å². The molecule has 0 aliphatic rings. The first kappa shape index (κ1) is 13.7. The molecule has 0 radical (unpaired) electrons. The minimum Gasteiger partial charge on any atom is -0.435 e. The molecule has 1 rings (SSSR count). The normalized spacial score (nSPS) is 14.5. The topological polar surface area (TPSA) is 41.5 Å². The Balaban J connectivity index is 2.51. The maximum atomic E-state index is 11.9. The standard InChI is InChI=1S/C12H17F2NO2/c1-3-12(2,16)8-15-9-4-6-10(7-5-9)17-11(13)14/h4-7,11,15-16H,3,8H2,1-2H3. The van der Waals surface area contributed by atoms with Crippen LogP contribution < -0.4 is 10.1 Å². The van der Waals surface area contributed by atoms with Gasteiger partial charge >= 0.3 is 6.61 Å². The summed E-state index contributed by atoms with van der Waals surface area (Å²) in [5, 5.41) is 12.8. The van der Waals surface area contributed by atoms with Crippen LogP contribution in [-0.4, -0.2) is 23.9 Å². The van der Waals surface area contributed by atoms with Gasteiger partial charge < -0.3 is 15.2 Å². The quantitative estimate of drug-likeness (QED) is 0.809. The van der Waals surface area contributed by atoms with Crippen LogP contribution in [0.5, 0.6) is 5.75 Å². The van der Waals surface area contributed by atoms with Crippen molar-refractivity contribution in [2.75, 3.05) is 11.9 Å². The van der Waals surface area contributed by atoms with Crippen molar-refractivity contribution in [2.24, 2.45) is 0 Å². The van der Waals surface area contributed by atoms with Crippen molar-refractivity contribution in [3.63, 3.8) is 0 Å². The molecule has 0 heterocycles. The van der Waals surface area contributed by atoms with Crippen molar-refractivity contribution >= 4 is 5.69 Å². The van der Waals surface area contributed by atoms with Gasteiger partial charge in [-0.25, -0.2) is 0 Å². The number of aliphatic hydroxyl groups is 1. The minimum absolute atomic E-state index is 0.118. The van der Waals surface area contributed by atoms with E-state index in [-0.39, 0.29) is 5.75 Å². The second kappa shape index (κ2) is 5.82. The van der Waals surface area contributed by atoms with Gasteiger partial charge in [-0.05, 0) is 37.6 Å².